The predicted molar refractivity (Wildman–Crippen MR) is 81.2 cm³/mol. The number of hydrogen-bond donors (Lipinski definition) is 0. The molecule has 0 fully saturated rings. The number of carbonyl (C=O) groups excluding carboxylic acids is 1. The van der Waals surface area contributed by atoms with Crippen molar-refractivity contribution in [1.82, 2.24) is 0 Å². The van der Waals surface area contributed by atoms with E-state index in [0.29, 0.717) is 27.7 Å². The molecule has 0 radical (unpaired) electrons. The molecular weight excluding hydrogens is 297 g/mol. The van der Waals surface area contributed by atoms with Crippen molar-refractivity contribution in [3.05, 3.63) is 70.7 Å². The molecule has 0 aliphatic rings. The SMILES string of the molecule is Cc1c(C(=O)OCc2ccccc2C#N)oc2ccc(F)cc12. The lowest BCUT2D eigenvalue weighted by Gasteiger charge is -2.05. The number of ether oxygens (including phenoxy) is 1. The van der Waals surface area contributed by atoms with E-state index in [-0.39, 0.29) is 12.4 Å². The van der Waals surface area contributed by atoms with Gasteiger partial charge in [0.05, 0.1) is 11.6 Å². The lowest BCUT2D eigenvalue weighted by molar-refractivity contribution is 0.0437. The summed E-state index contributed by atoms with van der Waals surface area (Å²) in [7, 11) is 0. The fourth-order valence-corrected chi connectivity index (χ4v) is 2.35. The molecule has 23 heavy (non-hydrogen) atoms. The van der Waals surface area contributed by atoms with Gasteiger partial charge in [-0.25, -0.2) is 9.18 Å². The number of esters is 1. The Morgan fingerprint density at radius 3 is 2.87 bits per heavy atom. The summed E-state index contributed by atoms with van der Waals surface area (Å²) in [5.41, 5.74) is 2.01. The molecule has 0 saturated heterocycles. The molecule has 114 valence electrons. The first-order valence-electron chi connectivity index (χ1n) is 6.94. The zero-order chi connectivity index (χ0) is 16.4. The second kappa shape index (κ2) is 5.93. The van der Waals surface area contributed by atoms with Crippen LogP contribution in [0.15, 0.2) is 46.9 Å². The van der Waals surface area contributed by atoms with E-state index < -0.39 is 11.8 Å². The highest BCUT2D eigenvalue weighted by Crippen LogP contribution is 2.26. The van der Waals surface area contributed by atoms with E-state index >= 15 is 0 Å². The quantitative estimate of drug-likeness (QED) is 0.683. The first kappa shape index (κ1) is 14.8. The summed E-state index contributed by atoms with van der Waals surface area (Å²) in [5.74, 6) is -1.00. The molecule has 5 heteroatoms. The van der Waals surface area contributed by atoms with Crippen molar-refractivity contribution in [3.63, 3.8) is 0 Å². The molecule has 0 bridgehead atoms. The number of nitrogens with zero attached hydrogens (tertiary/aromatic N) is 1. The molecule has 3 aromatic rings. The second-order valence-electron chi connectivity index (χ2n) is 5.04. The molecule has 0 aliphatic carbocycles. The number of nitriles is 1. The molecule has 0 N–H and O–H groups in total. The molecule has 0 saturated carbocycles. The van der Waals surface area contributed by atoms with E-state index in [0.717, 1.165) is 0 Å². The Morgan fingerprint density at radius 1 is 1.30 bits per heavy atom. The van der Waals surface area contributed by atoms with Gasteiger partial charge in [0.25, 0.3) is 0 Å². The number of rotatable bonds is 3. The summed E-state index contributed by atoms with van der Waals surface area (Å²) < 4.78 is 24.0. The zero-order valence-electron chi connectivity index (χ0n) is 12.3. The van der Waals surface area contributed by atoms with E-state index in [1.165, 1.54) is 18.2 Å². The minimum absolute atomic E-state index is 0.0343. The third kappa shape index (κ3) is 2.79. The first-order valence-corrected chi connectivity index (χ1v) is 6.94. The highest BCUT2D eigenvalue weighted by atomic mass is 19.1. The van der Waals surface area contributed by atoms with Crippen LogP contribution in [0.5, 0.6) is 0 Å². The molecule has 1 heterocycles. The van der Waals surface area contributed by atoms with Crippen LogP contribution in [0.2, 0.25) is 0 Å². The van der Waals surface area contributed by atoms with Crippen molar-refractivity contribution < 1.29 is 18.3 Å². The molecular formula is C18H12FNO3. The Labute approximate surface area is 131 Å². The minimum atomic E-state index is -0.646. The van der Waals surface area contributed by atoms with Gasteiger partial charge in [-0.15, -0.1) is 0 Å². The number of halogens is 1. The van der Waals surface area contributed by atoms with Crippen LogP contribution in [0.25, 0.3) is 11.0 Å². The van der Waals surface area contributed by atoms with Gasteiger partial charge >= 0.3 is 5.97 Å². The van der Waals surface area contributed by atoms with E-state index in [1.54, 1.807) is 31.2 Å². The average molecular weight is 309 g/mol. The standard InChI is InChI=1S/C18H12FNO3/c1-11-15-8-14(19)6-7-16(15)23-17(11)18(21)22-10-13-5-3-2-4-12(13)9-20/h2-8H,10H2,1H3. The Kier molecular flexibility index (Phi) is 3.82. The summed E-state index contributed by atoms with van der Waals surface area (Å²) in [4.78, 5) is 12.2. The number of furan rings is 1. The van der Waals surface area contributed by atoms with Crippen LogP contribution in [0.4, 0.5) is 4.39 Å². The summed E-state index contributed by atoms with van der Waals surface area (Å²) in [5, 5.41) is 9.56. The Balaban J connectivity index is 1.84. The maximum absolute atomic E-state index is 13.3. The van der Waals surface area contributed by atoms with Crippen molar-refractivity contribution in [1.29, 1.82) is 5.26 Å². The molecule has 0 unspecified atom stereocenters. The number of fused-ring (bicyclic) bond motifs is 1. The topological polar surface area (TPSA) is 63.2 Å². The van der Waals surface area contributed by atoms with Crippen molar-refractivity contribution in [2.24, 2.45) is 0 Å². The molecule has 0 amide bonds. The molecule has 0 atom stereocenters. The molecule has 3 rings (SSSR count). The maximum atomic E-state index is 13.3. The largest absolute Gasteiger partial charge is 0.455 e. The van der Waals surface area contributed by atoms with Crippen molar-refractivity contribution >= 4 is 16.9 Å². The Bertz CT molecular complexity index is 937. The van der Waals surface area contributed by atoms with Crippen LogP contribution in [0.3, 0.4) is 0 Å². The number of benzene rings is 2. The van der Waals surface area contributed by atoms with Crippen LogP contribution in [0.1, 0.15) is 27.2 Å². The maximum Gasteiger partial charge on any atom is 0.374 e. The van der Waals surface area contributed by atoms with Gasteiger partial charge in [0.2, 0.25) is 5.76 Å². The minimum Gasteiger partial charge on any atom is -0.455 e. The second-order valence-corrected chi connectivity index (χ2v) is 5.04. The van der Waals surface area contributed by atoms with Gasteiger partial charge in [-0.2, -0.15) is 5.26 Å². The van der Waals surface area contributed by atoms with Crippen molar-refractivity contribution in [2.75, 3.05) is 0 Å². The highest BCUT2D eigenvalue weighted by Gasteiger charge is 2.19. The van der Waals surface area contributed by atoms with Gasteiger partial charge in [0.1, 0.15) is 18.0 Å². The molecule has 0 spiro atoms. The van der Waals surface area contributed by atoms with Crippen LogP contribution in [-0.4, -0.2) is 5.97 Å². The monoisotopic (exact) mass is 309 g/mol. The number of hydrogen-bond acceptors (Lipinski definition) is 4. The highest BCUT2D eigenvalue weighted by molar-refractivity contribution is 5.95. The van der Waals surface area contributed by atoms with Crippen molar-refractivity contribution in [3.8, 4) is 6.07 Å². The summed E-state index contributed by atoms with van der Waals surface area (Å²) >= 11 is 0. The van der Waals surface area contributed by atoms with Crippen LogP contribution in [-0.2, 0) is 11.3 Å². The lowest BCUT2D eigenvalue weighted by atomic mass is 10.1. The summed E-state index contributed by atoms with van der Waals surface area (Å²) in [6.45, 7) is 1.64. The van der Waals surface area contributed by atoms with E-state index in [1.807, 2.05) is 6.07 Å². The smallest absolute Gasteiger partial charge is 0.374 e. The fourth-order valence-electron chi connectivity index (χ4n) is 2.35. The first-order chi connectivity index (χ1) is 11.1. The number of carbonyl (C=O) groups is 1. The lowest BCUT2D eigenvalue weighted by Crippen LogP contribution is -2.06. The molecule has 0 aliphatic heterocycles. The van der Waals surface area contributed by atoms with Gasteiger partial charge in [0, 0.05) is 16.5 Å². The molecule has 4 nitrogen and oxygen atoms in total. The van der Waals surface area contributed by atoms with Gasteiger partial charge < -0.3 is 9.15 Å². The summed E-state index contributed by atoms with van der Waals surface area (Å²) in [6.07, 6.45) is 0. The van der Waals surface area contributed by atoms with Crippen LogP contribution in [0, 0.1) is 24.1 Å². The zero-order valence-corrected chi connectivity index (χ0v) is 12.3. The number of aryl methyl sites for hydroxylation is 1. The average Bonchev–Trinajstić information content (AvgIpc) is 2.89. The Morgan fingerprint density at radius 2 is 2.09 bits per heavy atom. The summed E-state index contributed by atoms with van der Waals surface area (Å²) in [6, 6.07) is 13.0. The normalized spacial score (nSPS) is 10.5. The predicted octanol–water partition coefficient (Wildman–Crippen LogP) is 4.11. The van der Waals surface area contributed by atoms with Gasteiger partial charge in [0.15, 0.2) is 0 Å². The van der Waals surface area contributed by atoms with Gasteiger partial charge in [-0.3, -0.25) is 0 Å². The Hall–Kier alpha value is -3.13. The van der Waals surface area contributed by atoms with E-state index in [9.17, 15) is 9.18 Å². The van der Waals surface area contributed by atoms with Crippen LogP contribution >= 0.6 is 0 Å². The van der Waals surface area contributed by atoms with Crippen LogP contribution < -0.4 is 0 Å². The molecule has 1 aromatic heterocycles. The van der Waals surface area contributed by atoms with E-state index in [4.69, 9.17) is 14.4 Å². The van der Waals surface area contributed by atoms with Gasteiger partial charge in [-0.1, -0.05) is 18.2 Å². The fraction of sp³-hybridized carbons (Fsp3) is 0.111. The van der Waals surface area contributed by atoms with Crippen molar-refractivity contribution in [2.45, 2.75) is 13.5 Å². The third-order valence-corrected chi connectivity index (χ3v) is 3.58. The van der Waals surface area contributed by atoms with Gasteiger partial charge in [-0.05, 0) is 31.2 Å². The molecule has 2 aromatic carbocycles. The van der Waals surface area contributed by atoms with E-state index in [2.05, 4.69) is 0 Å². The third-order valence-electron chi connectivity index (χ3n) is 3.58.